The molecule has 0 saturated carbocycles. The van der Waals surface area contributed by atoms with Gasteiger partial charge >= 0.3 is 0 Å². The van der Waals surface area contributed by atoms with Crippen LogP contribution in [0.15, 0.2) is 54.6 Å². The van der Waals surface area contributed by atoms with Gasteiger partial charge in [0.05, 0.1) is 6.61 Å². The zero-order valence-electron chi connectivity index (χ0n) is 12.7. The van der Waals surface area contributed by atoms with Gasteiger partial charge in [-0.15, -0.1) is 0 Å². The van der Waals surface area contributed by atoms with Crippen molar-refractivity contribution < 1.29 is 14.6 Å². The van der Waals surface area contributed by atoms with Gasteiger partial charge in [-0.05, 0) is 36.1 Å². The van der Waals surface area contributed by atoms with Crippen molar-refractivity contribution in [1.82, 2.24) is 0 Å². The average molecular weight is 298 g/mol. The first-order valence-electron chi connectivity index (χ1n) is 7.78. The maximum absolute atomic E-state index is 9.90. The van der Waals surface area contributed by atoms with E-state index in [0.29, 0.717) is 19.8 Å². The summed E-state index contributed by atoms with van der Waals surface area (Å²) in [6.07, 6.45) is 1.71. The number of hydrogen-bond acceptors (Lipinski definition) is 3. The predicted molar refractivity (Wildman–Crippen MR) is 86.0 cm³/mol. The molecule has 0 aromatic heterocycles. The second kappa shape index (κ2) is 6.95. The van der Waals surface area contributed by atoms with Crippen LogP contribution >= 0.6 is 0 Å². The second-order valence-corrected chi connectivity index (χ2v) is 5.85. The molecule has 0 amide bonds. The van der Waals surface area contributed by atoms with Crippen LogP contribution in [-0.2, 0) is 16.8 Å². The van der Waals surface area contributed by atoms with Crippen molar-refractivity contribution in [2.24, 2.45) is 0 Å². The molecule has 1 N–H and O–H groups in total. The smallest absolute Gasteiger partial charge is 0.120 e. The molecular formula is C19H22O3. The lowest BCUT2D eigenvalue weighted by Gasteiger charge is -2.36. The van der Waals surface area contributed by atoms with E-state index in [1.165, 1.54) is 0 Å². The molecule has 0 atom stereocenters. The molecule has 2 aromatic rings. The number of ether oxygens (including phenoxy) is 2. The predicted octanol–water partition coefficient (Wildman–Crippen LogP) is 3.31. The first-order valence-corrected chi connectivity index (χ1v) is 7.78. The lowest BCUT2D eigenvalue weighted by atomic mass is 9.75. The van der Waals surface area contributed by atoms with E-state index in [4.69, 9.17) is 9.47 Å². The standard InChI is InChI=1S/C19H22O3/c20-15-19(9-11-21-12-10-19)17-7-4-8-18(13-17)22-14-16-5-2-1-3-6-16/h1-8,13,20H,9-12,14-15H2. The first-order chi connectivity index (χ1) is 10.8. The van der Waals surface area contributed by atoms with Crippen LogP contribution in [0.25, 0.3) is 0 Å². The molecule has 1 saturated heterocycles. The first kappa shape index (κ1) is 15.1. The van der Waals surface area contributed by atoms with Gasteiger partial charge in [0, 0.05) is 18.6 Å². The van der Waals surface area contributed by atoms with Crippen molar-refractivity contribution in [3.05, 3.63) is 65.7 Å². The molecule has 0 radical (unpaired) electrons. The minimum atomic E-state index is -0.190. The zero-order valence-corrected chi connectivity index (χ0v) is 12.7. The summed E-state index contributed by atoms with van der Waals surface area (Å²) < 4.78 is 11.3. The quantitative estimate of drug-likeness (QED) is 0.920. The SMILES string of the molecule is OCC1(c2cccc(OCc3ccccc3)c2)CCOCC1. The molecule has 116 valence electrons. The van der Waals surface area contributed by atoms with Gasteiger partial charge in [0.15, 0.2) is 0 Å². The van der Waals surface area contributed by atoms with Gasteiger partial charge in [-0.3, -0.25) is 0 Å². The second-order valence-electron chi connectivity index (χ2n) is 5.85. The molecule has 1 fully saturated rings. The maximum atomic E-state index is 9.90. The Labute approximate surface area is 131 Å². The topological polar surface area (TPSA) is 38.7 Å². The van der Waals surface area contributed by atoms with Crippen molar-refractivity contribution >= 4 is 0 Å². The van der Waals surface area contributed by atoms with Crippen molar-refractivity contribution in [3.8, 4) is 5.75 Å². The zero-order chi connectivity index (χ0) is 15.3. The third-order valence-electron chi connectivity index (χ3n) is 4.45. The molecule has 22 heavy (non-hydrogen) atoms. The highest BCUT2D eigenvalue weighted by atomic mass is 16.5. The molecule has 3 nitrogen and oxygen atoms in total. The maximum Gasteiger partial charge on any atom is 0.120 e. The van der Waals surface area contributed by atoms with Crippen molar-refractivity contribution in [2.75, 3.05) is 19.8 Å². The van der Waals surface area contributed by atoms with Crippen LogP contribution < -0.4 is 4.74 Å². The Hall–Kier alpha value is -1.84. The third kappa shape index (κ3) is 3.32. The Kier molecular flexibility index (Phi) is 4.76. The van der Waals surface area contributed by atoms with E-state index in [-0.39, 0.29) is 12.0 Å². The van der Waals surface area contributed by atoms with Crippen molar-refractivity contribution in [2.45, 2.75) is 24.9 Å². The summed E-state index contributed by atoms with van der Waals surface area (Å²) in [6.45, 7) is 2.11. The molecule has 0 aliphatic carbocycles. The summed E-state index contributed by atoms with van der Waals surface area (Å²) in [7, 11) is 0. The Morgan fingerprint density at radius 2 is 1.77 bits per heavy atom. The Morgan fingerprint density at radius 3 is 2.50 bits per heavy atom. The van der Waals surface area contributed by atoms with Crippen LogP contribution in [0.2, 0.25) is 0 Å². The lowest BCUT2D eigenvalue weighted by Crippen LogP contribution is -2.37. The van der Waals surface area contributed by atoms with Gasteiger partial charge in [0.2, 0.25) is 0 Å². The number of rotatable bonds is 5. The molecule has 1 aliphatic heterocycles. The van der Waals surface area contributed by atoms with E-state index in [1.807, 2.05) is 30.3 Å². The number of hydrogen-bond donors (Lipinski definition) is 1. The highest BCUT2D eigenvalue weighted by molar-refractivity contribution is 5.34. The molecule has 3 heteroatoms. The van der Waals surface area contributed by atoms with Gasteiger partial charge < -0.3 is 14.6 Å². The summed E-state index contributed by atoms with van der Waals surface area (Å²) in [6, 6.07) is 18.2. The summed E-state index contributed by atoms with van der Waals surface area (Å²) in [5.74, 6) is 0.848. The molecule has 0 bridgehead atoms. The molecule has 3 rings (SSSR count). The van der Waals surface area contributed by atoms with Crippen LogP contribution in [0.5, 0.6) is 5.75 Å². The van der Waals surface area contributed by atoms with Crippen LogP contribution in [0.3, 0.4) is 0 Å². The fourth-order valence-electron chi connectivity index (χ4n) is 2.96. The largest absolute Gasteiger partial charge is 0.489 e. The molecule has 1 heterocycles. The van der Waals surface area contributed by atoms with Crippen molar-refractivity contribution in [3.63, 3.8) is 0 Å². The highest BCUT2D eigenvalue weighted by Gasteiger charge is 2.34. The molecular weight excluding hydrogens is 276 g/mol. The van der Waals surface area contributed by atoms with Gasteiger partial charge in [0.1, 0.15) is 12.4 Å². The normalized spacial score (nSPS) is 17.1. The van der Waals surface area contributed by atoms with Crippen LogP contribution in [-0.4, -0.2) is 24.9 Å². The third-order valence-corrected chi connectivity index (χ3v) is 4.45. The molecule has 0 spiro atoms. The van der Waals surface area contributed by atoms with Gasteiger partial charge in [-0.2, -0.15) is 0 Å². The molecule has 1 aliphatic rings. The van der Waals surface area contributed by atoms with Crippen LogP contribution in [0.4, 0.5) is 0 Å². The Balaban J connectivity index is 1.74. The fraction of sp³-hybridized carbons (Fsp3) is 0.368. The van der Waals surface area contributed by atoms with E-state index in [1.54, 1.807) is 0 Å². The Bertz CT molecular complexity index is 589. The van der Waals surface area contributed by atoms with Gasteiger partial charge in [-0.1, -0.05) is 42.5 Å². The van der Waals surface area contributed by atoms with Gasteiger partial charge in [0.25, 0.3) is 0 Å². The minimum absolute atomic E-state index is 0.151. The Morgan fingerprint density at radius 1 is 1.00 bits per heavy atom. The highest BCUT2D eigenvalue weighted by Crippen LogP contribution is 2.35. The van der Waals surface area contributed by atoms with E-state index in [0.717, 1.165) is 29.7 Å². The molecule has 2 aromatic carbocycles. The summed E-state index contributed by atoms with van der Waals surface area (Å²) >= 11 is 0. The summed E-state index contributed by atoms with van der Waals surface area (Å²) in [5, 5.41) is 9.90. The van der Waals surface area contributed by atoms with Crippen LogP contribution in [0, 0.1) is 0 Å². The number of aliphatic hydroxyl groups excluding tert-OH is 1. The van der Waals surface area contributed by atoms with E-state index >= 15 is 0 Å². The van der Waals surface area contributed by atoms with E-state index in [2.05, 4.69) is 24.3 Å². The van der Waals surface area contributed by atoms with Crippen LogP contribution in [0.1, 0.15) is 24.0 Å². The number of benzene rings is 2. The van der Waals surface area contributed by atoms with E-state index < -0.39 is 0 Å². The van der Waals surface area contributed by atoms with E-state index in [9.17, 15) is 5.11 Å². The lowest BCUT2D eigenvalue weighted by molar-refractivity contribution is 0.0252. The fourth-order valence-corrected chi connectivity index (χ4v) is 2.96. The average Bonchev–Trinajstić information content (AvgIpc) is 2.62. The minimum Gasteiger partial charge on any atom is -0.489 e. The summed E-state index contributed by atoms with van der Waals surface area (Å²) in [4.78, 5) is 0. The van der Waals surface area contributed by atoms with Gasteiger partial charge in [-0.25, -0.2) is 0 Å². The number of aliphatic hydroxyl groups is 1. The summed E-state index contributed by atoms with van der Waals surface area (Å²) in [5.41, 5.74) is 2.10. The molecule has 0 unspecified atom stereocenters. The van der Waals surface area contributed by atoms with Crippen molar-refractivity contribution in [1.29, 1.82) is 0 Å². The monoisotopic (exact) mass is 298 g/mol.